The molecule has 2 rings (SSSR count). The molecule has 1 amide bonds. The Kier molecular flexibility index (Phi) is 2.51. The van der Waals surface area contributed by atoms with E-state index in [-0.39, 0.29) is 16.6 Å². The first-order chi connectivity index (χ1) is 6.98. The summed E-state index contributed by atoms with van der Waals surface area (Å²) in [5, 5.41) is 2.95. The second kappa shape index (κ2) is 3.56. The summed E-state index contributed by atoms with van der Waals surface area (Å²) in [6.45, 7) is 6.29. The van der Waals surface area contributed by atoms with Gasteiger partial charge in [-0.25, -0.2) is 0 Å². The minimum Gasteiger partial charge on any atom is -0.324 e. The molecule has 0 bridgehead atoms. The summed E-state index contributed by atoms with van der Waals surface area (Å²) in [5.41, 5.74) is 0.926. The third-order valence-corrected chi connectivity index (χ3v) is 4.18. The standard InChI is InChI=1S/C12H15NOS/c1-12(2,3)10-11(14)13-8-6-4-5-7-9(8)15-10/h4-7,10H,1-3H3,(H,13,14)/t10-/m1/s1. The normalized spacial score (nSPS) is 20.7. The molecule has 0 saturated carbocycles. The Morgan fingerprint density at radius 1 is 1.27 bits per heavy atom. The van der Waals surface area contributed by atoms with Crippen LogP contribution in [0.25, 0.3) is 0 Å². The lowest BCUT2D eigenvalue weighted by Gasteiger charge is -2.33. The molecule has 1 heterocycles. The van der Waals surface area contributed by atoms with Gasteiger partial charge in [0.1, 0.15) is 0 Å². The summed E-state index contributed by atoms with van der Waals surface area (Å²) in [6.07, 6.45) is 0. The van der Waals surface area contributed by atoms with E-state index in [2.05, 4.69) is 32.2 Å². The Balaban J connectivity index is 2.34. The van der Waals surface area contributed by atoms with Crippen LogP contribution in [0.4, 0.5) is 5.69 Å². The molecule has 0 spiro atoms. The number of carbonyl (C=O) groups is 1. The number of anilines is 1. The van der Waals surface area contributed by atoms with Gasteiger partial charge >= 0.3 is 0 Å². The van der Waals surface area contributed by atoms with Gasteiger partial charge in [0, 0.05) is 4.90 Å². The van der Waals surface area contributed by atoms with Crippen molar-refractivity contribution in [1.82, 2.24) is 0 Å². The minimum atomic E-state index is -0.0116. The van der Waals surface area contributed by atoms with Crippen molar-refractivity contribution in [1.29, 1.82) is 0 Å². The Labute approximate surface area is 94.4 Å². The lowest BCUT2D eigenvalue weighted by Crippen LogP contribution is -2.38. The second-order valence-electron chi connectivity index (χ2n) is 4.85. The zero-order valence-electron chi connectivity index (χ0n) is 9.20. The fraction of sp³-hybridized carbons (Fsp3) is 0.417. The number of benzene rings is 1. The molecular formula is C12H15NOS. The molecule has 1 aliphatic rings. The zero-order valence-corrected chi connectivity index (χ0v) is 10.0. The van der Waals surface area contributed by atoms with E-state index >= 15 is 0 Å². The van der Waals surface area contributed by atoms with Crippen molar-refractivity contribution >= 4 is 23.4 Å². The van der Waals surface area contributed by atoms with Crippen molar-refractivity contribution < 1.29 is 4.79 Å². The van der Waals surface area contributed by atoms with Gasteiger partial charge in [0.15, 0.2) is 0 Å². The molecular weight excluding hydrogens is 206 g/mol. The highest BCUT2D eigenvalue weighted by molar-refractivity contribution is 8.01. The number of nitrogens with one attached hydrogen (secondary N) is 1. The molecule has 1 N–H and O–H groups in total. The van der Waals surface area contributed by atoms with E-state index in [1.54, 1.807) is 11.8 Å². The van der Waals surface area contributed by atoms with Crippen LogP contribution < -0.4 is 5.32 Å². The molecule has 1 aliphatic heterocycles. The van der Waals surface area contributed by atoms with Crippen LogP contribution in [-0.2, 0) is 4.79 Å². The third kappa shape index (κ3) is 2.02. The molecule has 0 fully saturated rings. The van der Waals surface area contributed by atoms with Gasteiger partial charge in [-0.3, -0.25) is 4.79 Å². The van der Waals surface area contributed by atoms with Crippen LogP contribution in [0, 0.1) is 5.41 Å². The van der Waals surface area contributed by atoms with Gasteiger partial charge in [0.25, 0.3) is 0 Å². The first-order valence-corrected chi connectivity index (χ1v) is 5.93. The second-order valence-corrected chi connectivity index (χ2v) is 6.00. The van der Waals surface area contributed by atoms with E-state index in [0.717, 1.165) is 10.6 Å². The predicted molar refractivity (Wildman–Crippen MR) is 64.2 cm³/mol. The maximum absolute atomic E-state index is 11.9. The molecule has 0 radical (unpaired) electrons. The average Bonchev–Trinajstić information content (AvgIpc) is 2.15. The number of carbonyl (C=O) groups excluding carboxylic acids is 1. The molecule has 15 heavy (non-hydrogen) atoms. The lowest BCUT2D eigenvalue weighted by atomic mass is 9.91. The number of amides is 1. The number of hydrogen-bond acceptors (Lipinski definition) is 2. The van der Waals surface area contributed by atoms with Gasteiger partial charge in [-0.05, 0) is 17.5 Å². The van der Waals surface area contributed by atoms with E-state index in [4.69, 9.17) is 0 Å². The van der Waals surface area contributed by atoms with Gasteiger partial charge in [0.05, 0.1) is 10.9 Å². The number of para-hydroxylation sites is 1. The highest BCUT2D eigenvalue weighted by Crippen LogP contribution is 2.42. The van der Waals surface area contributed by atoms with Crippen molar-refractivity contribution in [3.63, 3.8) is 0 Å². The van der Waals surface area contributed by atoms with Gasteiger partial charge in [0.2, 0.25) is 5.91 Å². The first kappa shape index (κ1) is 10.6. The molecule has 0 unspecified atom stereocenters. The monoisotopic (exact) mass is 221 g/mol. The largest absolute Gasteiger partial charge is 0.324 e. The van der Waals surface area contributed by atoms with E-state index < -0.39 is 0 Å². The van der Waals surface area contributed by atoms with Crippen LogP contribution in [0.2, 0.25) is 0 Å². The van der Waals surface area contributed by atoms with Crippen LogP contribution in [0.15, 0.2) is 29.2 Å². The predicted octanol–water partition coefficient (Wildman–Crippen LogP) is 3.15. The third-order valence-electron chi connectivity index (χ3n) is 2.41. The molecule has 3 heteroatoms. The van der Waals surface area contributed by atoms with Crippen LogP contribution >= 0.6 is 11.8 Å². The van der Waals surface area contributed by atoms with Gasteiger partial charge in [-0.15, -0.1) is 11.8 Å². The molecule has 1 aromatic rings. The van der Waals surface area contributed by atoms with Gasteiger partial charge in [-0.1, -0.05) is 32.9 Å². The van der Waals surface area contributed by atoms with E-state index in [1.165, 1.54) is 0 Å². The van der Waals surface area contributed by atoms with Crippen LogP contribution in [-0.4, -0.2) is 11.2 Å². The summed E-state index contributed by atoms with van der Waals surface area (Å²) >= 11 is 1.66. The molecule has 0 aliphatic carbocycles. The highest BCUT2D eigenvalue weighted by Gasteiger charge is 2.35. The summed E-state index contributed by atoms with van der Waals surface area (Å²) in [5.74, 6) is 0.117. The number of fused-ring (bicyclic) bond motifs is 1. The van der Waals surface area contributed by atoms with Crippen molar-refractivity contribution in [3.05, 3.63) is 24.3 Å². The summed E-state index contributed by atoms with van der Waals surface area (Å²) < 4.78 is 0. The summed E-state index contributed by atoms with van der Waals surface area (Å²) in [6, 6.07) is 7.94. The van der Waals surface area contributed by atoms with E-state index in [0.29, 0.717) is 0 Å². The highest BCUT2D eigenvalue weighted by atomic mass is 32.2. The topological polar surface area (TPSA) is 29.1 Å². The van der Waals surface area contributed by atoms with Gasteiger partial charge < -0.3 is 5.32 Å². The van der Waals surface area contributed by atoms with Crippen molar-refractivity contribution in [2.24, 2.45) is 5.41 Å². The summed E-state index contributed by atoms with van der Waals surface area (Å²) in [7, 11) is 0. The quantitative estimate of drug-likeness (QED) is 0.729. The van der Waals surface area contributed by atoms with Crippen molar-refractivity contribution in [3.8, 4) is 0 Å². The average molecular weight is 221 g/mol. The smallest absolute Gasteiger partial charge is 0.238 e. The van der Waals surface area contributed by atoms with E-state index in [9.17, 15) is 4.79 Å². The van der Waals surface area contributed by atoms with Crippen LogP contribution in [0.3, 0.4) is 0 Å². The SMILES string of the molecule is CC(C)(C)[C@@H]1Sc2ccccc2NC1=O. The Morgan fingerprint density at radius 3 is 2.60 bits per heavy atom. The Morgan fingerprint density at radius 2 is 1.93 bits per heavy atom. The molecule has 1 aromatic carbocycles. The number of rotatable bonds is 0. The van der Waals surface area contributed by atoms with Crippen LogP contribution in [0.5, 0.6) is 0 Å². The summed E-state index contributed by atoms with van der Waals surface area (Å²) in [4.78, 5) is 13.0. The molecule has 80 valence electrons. The van der Waals surface area contributed by atoms with Crippen molar-refractivity contribution in [2.75, 3.05) is 5.32 Å². The number of thioether (sulfide) groups is 1. The molecule has 0 aromatic heterocycles. The molecule has 2 nitrogen and oxygen atoms in total. The lowest BCUT2D eigenvalue weighted by molar-refractivity contribution is -0.117. The maximum atomic E-state index is 11.9. The fourth-order valence-corrected chi connectivity index (χ4v) is 2.80. The van der Waals surface area contributed by atoms with E-state index in [1.807, 2.05) is 18.2 Å². The van der Waals surface area contributed by atoms with Crippen LogP contribution in [0.1, 0.15) is 20.8 Å². The number of hydrogen-bond donors (Lipinski definition) is 1. The zero-order chi connectivity index (χ0) is 11.1. The fourth-order valence-electron chi connectivity index (χ4n) is 1.62. The molecule has 1 atom stereocenters. The first-order valence-electron chi connectivity index (χ1n) is 5.05. The minimum absolute atomic E-state index is 0.00704. The Bertz CT molecular complexity index is 395. The maximum Gasteiger partial charge on any atom is 0.238 e. The van der Waals surface area contributed by atoms with Crippen molar-refractivity contribution in [2.45, 2.75) is 30.9 Å². The van der Waals surface area contributed by atoms with Gasteiger partial charge in [-0.2, -0.15) is 0 Å². The molecule has 0 saturated heterocycles. The Hall–Kier alpha value is -0.960.